The fourth-order valence-electron chi connectivity index (χ4n) is 3.07. The van der Waals surface area contributed by atoms with Gasteiger partial charge in [-0.3, -0.25) is 4.57 Å². The van der Waals surface area contributed by atoms with E-state index in [0.717, 1.165) is 29.7 Å². The molecule has 1 aliphatic rings. The van der Waals surface area contributed by atoms with Gasteiger partial charge in [-0.2, -0.15) is 4.98 Å². The highest BCUT2D eigenvalue weighted by Crippen LogP contribution is 2.38. The zero-order valence-corrected chi connectivity index (χ0v) is 14.8. The topological polar surface area (TPSA) is 74.6 Å². The molecule has 0 saturated heterocycles. The molecule has 3 rings (SSSR count). The summed E-state index contributed by atoms with van der Waals surface area (Å²) >= 11 is 0. The van der Waals surface area contributed by atoms with Crippen molar-refractivity contribution in [2.45, 2.75) is 19.4 Å². The van der Waals surface area contributed by atoms with Crippen molar-refractivity contribution >= 4 is 5.82 Å². The molecule has 1 N–H and O–H groups in total. The zero-order chi connectivity index (χ0) is 17.8. The van der Waals surface area contributed by atoms with Crippen LogP contribution in [0.4, 0.5) is 5.82 Å². The van der Waals surface area contributed by atoms with Gasteiger partial charge in [0.2, 0.25) is 0 Å². The maximum Gasteiger partial charge on any atom is 0.349 e. The van der Waals surface area contributed by atoms with E-state index in [1.54, 1.807) is 25.9 Å². The fraction of sp³-hybridized carbons (Fsp3) is 0.444. The van der Waals surface area contributed by atoms with Crippen molar-refractivity contribution in [1.29, 1.82) is 0 Å². The molecule has 2 heterocycles. The number of nitrogens with zero attached hydrogens (tertiary/aromatic N) is 2. The van der Waals surface area contributed by atoms with E-state index in [2.05, 4.69) is 10.3 Å². The number of methoxy groups -OCH3 is 3. The minimum absolute atomic E-state index is 0.243. The van der Waals surface area contributed by atoms with Crippen molar-refractivity contribution in [1.82, 2.24) is 9.55 Å². The van der Waals surface area contributed by atoms with Gasteiger partial charge in [-0.05, 0) is 30.5 Å². The third kappa shape index (κ3) is 3.46. The summed E-state index contributed by atoms with van der Waals surface area (Å²) < 4.78 is 17.5. The van der Waals surface area contributed by atoms with Gasteiger partial charge in [0.05, 0.1) is 19.9 Å². The van der Waals surface area contributed by atoms with E-state index in [-0.39, 0.29) is 5.69 Å². The number of hydrogen-bond donors (Lipinski definition) is 1. The van der Waals surface area contributed by atoms with Crippen molar-refractivity contribution < 1.29 is 14.2 Å². The van der Waals surface area contributed by atoms with Gasteiger partial charge in [0.1, 0.15) is 5.82 Å². The Morgan fingerprint density at radius 3 is 2.64 bits per heavy atom. The maximum absolute atomic E-state index is 12.4. The van der Waals surface area contributed by atoms with Crippen LogP contribution >= 0.6 is 0 Å². The fourth-order valence-corrected chi connectivity index (χ4v) is 3.07. The van der Waals surface area contributed by atoms with Crippen molar-refractivity contribution in [3.8, 4) is 22.8 Å². The van der Waals surface area contributed by atoms with Crippen molar-refractivity contribution in [3.63, 3.8) is 0 Å². The number of anilines is 1. The molecule has 7 heteroatoms. The second-order valence-corrected chi connectivity index (χ2v) is 5.85. The molecule has 2 aromatic rings. The monoisotopic (exact) mass is 345 g/mol. The number of rotatable bonds is 7. The van der Waals surface area contributed by atoms with Crippen LogP contribution in [-0.4, -0.2) is 44.0 Å². The molecular formula is C18H23N3O4. The third-order valence-electron chi connectivity index (χ3n) is 4.33. The highest BCUT2D eigenvalue weighted by Gasteiger charge is 2.21. The summed E-state index contributed by atoms with van der Waals surface area (Å²) in [5, 5.41) is 3.19. The van der Waals surface area contributed by atoms with E-state index in [9.17, 15) is 4.79 Å². The summed E-state index contributed by atoms with van der Waals surface area (Å²) in [5.74, 6) is 1.92. The SMILES string of the molecule is COCCCNc1cc2n(c(=O)n1)CCc1cc(OC)c(OC)cc1-2. The van der Waals surface area contributed by atoms with Crippen LogP contribution in [0.3, 0.4) is 0 Å². The van der Waals surface area contributed by atoms with Crippen LogP contribution in [0.25, 0.3) is 11.3 Å². The molecule has 1 aliphatic heterocycles. The zero-order valence-electron chi connectivity index (χ0n) is 14.8. The first-order valence-corrected chi connectivity index (χ1v) is 8.28. The van der Waals surface area contributed by atoms with E-state index in [4.69, 9.17) is 14.2 Å². The Hall–Kier alpha value is -2.54. The Morgan fingerprint density at radius 2 is 1.92 bits per heavy atom. The average Bonchev–Trinajstić information content (AvgIpc) is 2.64. The Labute approximate surface area is 146 Å². The summed E-state index contributed by atoms with van der Waals surface area (Å²) in [4.78, 5) is 16.5. The number of nitrogens with one attached hydrogen (secondary N) is 1. The summed E-state index contributed by atoms with van der Waals surface area (Å²) in [6.07, 6.45) is 1.60. The highest BCUT2D eigenvalue weighted by atomic mass is 16.5. The molecule has 25 heavy (non-hydrogen) atoms. The molecule has 1 aromatic carbocycles. The van der Waals surface area contributed by atoms with Crippen LogP contribution in [0.1, 0.15) is 12.0 Å². The van der Waals surface area contributed by atoms with Crippen LogP contribution in [0.5, 0.6) is 11.5 Å². The Kier molecular flexibility index (Phi) is 5.23. The van der Waals surface area contributed by atoms with E-state index in [0.29, 0.717) is 37.0 Å². The lowest BCUT2D eigenvalue weighted by Crippen LogP contribution is -2.29. The normalized spacial score (nSPS) is 12.3. The molecule has 0 amide bonds. The van der Waals surface area contributed by atoms with Gasteiger partial charge in [0.25, 0.3) is 0 Å². The minimum Gasteiger partial charge on any atom is -0.493 e. The number of aromatic nitrogens is 2. The van der Waals surface area contributed by atoms with Gasteiger partial charge in [-0.15, -0.1) is 0 Å². The second-order valence-electron chi connectivity index (χ2n) is 5.85. The van der Waals surface area contributed by atoms with Crippen molar-refractivity contribution in [2.75, 3.05) is 39.8 Å². The predicted molar refractivity (Wildman–Crippen MR) is 95.7 cm³/mol. The average molecular weight is 345 g/mol. The molecule has 0 atom stereocenters. The Bertz CT molecular complexity index is 817. The van der Waals surface area contributed by atoms with Crippen LogP contribution in [0, 0.1) is 0 Å². The first kappa shape index (κ1) is 17.3. The molecule has 0 aliphatic carbocycles. The van der Waals surface area contributed by atoms with Crippen LogP contribution in [-0.2, 0) is 17.7 Å². The number of ether oxygens (including phenoxy) is 3. The smallest absolute Gasteiger partial charge is 0.349 e. The second kappa shape index (κ2) is 7.57. The summed E-state index contributed by atoms with van der Waals surface area (Å²) in [6.45, 7) is 1.97. The minimum atomic E-state index is -0.243. The molecule has 7 nitrogen and oxygen atoms in total. The molecule has 0 radical (unpaired) electrons. The first-order valence-electron chi connectivity index (χ1n) is 8.28. The predicted octanol–water partition coefficient (Wildman–Crippen LogP) is 1.93. The molecule has 0 saturated carbocycles. The lowest BCUT2D eigenvalue weighted by atomic mass is 9.97. The van der Waals surface area contributed by atoms with E-state index < -0.39 is 0 Å². The van der Waals surface area contributed by atoms with Crippen LogP contribution in [0.15, 0.2) is 23.0 Å². The van der Waals surface area contributed by atoms with E-state index >= 15 is 0 Å². The van der Waals surface area contributed by atoms with Crippen LogP contribution < -0.4 is 20.5 Å². The molecular weight excluding hydrogens is 322 g/mol. The largest absolute Gasteiger partial charge is 0.493 e. The lowest BCUT2D eigenvalue weighted by molar-refractivity contribution is 0.197. The van der Waals surface area contributed by atoms with Crippen molar-refractivity contribution in [2.24, 2.45) is 0 Å². The molecule has 0 unspecified atom stereocenters. The molecule has 0 fully saturated rings. The van der Waals surface area contributed by atoms with Gasteiger partial charge in [0, 0.05) is 38.4 Å². The van der Waals surface area contributed by atoms with Gasteiger partial charge in [-0.1, -0.05) is 0 Å². The number of hydrogen-bond acceptors (Lipinski definition) is 6. The van der Waals surface area contributed by atoms with Crippen molar-refractivity contribution in [3.05, 3.63) is 34.2 Å². The molecule has 134 valence electrons. The number of benzene rings is 1. The number of fused-ring (bicyclic) bond motifs is 3. The standard InChI is InChI=1S/C18H23N3O4/c1-23-8-4-6-19-17-11-14-13-10-16(25-3)15(24-2)9-12(13)5-7-21(14)18(22)20-17/h9-11H,4-8H2,1-3H3,(H,19,20,22). The Balaban J connectivity index is 1.99. The molecule has 0 spiro atoms. The van der Waals surface area contributed by atoms with E-state index in [1.807, 2.05) is 18.2 Å². The summed E-state index contributed by atoms with van der Waals surface area (Å²) in [5.41, 5.74) is 2.71. The molecule has 1 aromatic heterocycles. The lowest BCUT2D eigenvalue weighted by Gasteiger charge is -2.23. The first-order chi connectivity index (χ1) is 12.2. The quantitative estimate of drug-likeness (QED) is 0.773. The molecule has 0 bridgehead atoms. The van der Waals surface area contributed by atoms with Gasteiger partial charge < -0.3 is 19.5 Å². The van der Waals surface area contributed by atoms with Crippen LogP contribution in [0.2, 0.25) is 0 Å². The van der Waals surface area contributed by atoms with Gasteiger partial charge in [0.15, 0.2) is 11.5 Å². The summed E-state index contributed by atoms with van der Waals surface area (Å²) in [7, 11) is 4.90. The maximum atomic E-state index is 12.4. The Morgan fingerprint density at radius 1 is 1.16 bits per heavy atom. The third-order valence-corrected chi connectivity index (χ3v) is 4.33. The van der Waals surface area contributed by atoms with Gasteiger partial charge >= 0.3 is 5.69 Å². The highest BCUT2D eigenvalue weighted by molar-refractivity contribution is 5.71. The summed E-state index contributed by atoms with van der Waals surface area (Å²) in [6, 6.07) is 5.82. The van der Waals surface area contributed by atoms with E-state index in [1.165, 1.54) is 0 Å². The number of aryl methyl sites for hydroxylation is 1. The van der Waals surface area contributed by atoms with Gasteiger partial charge in [-0.25, -0.2) is 4.79 Å².